The molecular formula is C16H13ClF3NO5. The highest BCUT2D eigenvalue weighted by atomic mass is 35.5. The summed E-state index contributed by atoms with van der Waals surface area (Å²) in [6.45, 7) is -0.0135. The van der Waals surface area contributed by atoms with Crippen LogP contribution in [0.2, 0.25) is 5.02 Å². The lowest BCUT2D eigenvalue weighted by Crippen LogP contribution is -2.61. The highest BCUT2D eigenvalue weighted by Crippen LogP contribution is 2.37. The van der Waals surface area contributed by atoms with Crippen LogP contribution >= 0.6 is 11.6 Å². The molecule has 0 saturated carbocycles. The van der Waals surface area contributed by atoms with E-state index >= 15 is 0 Å². The molecule has 140 valence electrons. The Morgan fingerprint density at radius 3 is 2.58 bits per heavy atom. The zero-order valence-electron chi connectivity index (χ0n) is 13.2. The van der Waals surface area contributed by atoms with Crippen molar-refractivity contribution < 1.29 is 37.3 Å². The minimum absolute atomic E-state index is 0.0498. The summed E-state index contributed by atoms with van der Waals surface area (Å²) in [4.78, 5) is 25.0. The average Bonchev–Trinajstić information content (AvgIpc) is 2.57. The maximum Gasteiger partial charge on any atom is 0.573 e. The van der Waals surface area contributed by atoms with Crippen molar-refractivity contribution in [1.29, 1.82) is 0 Å². The Balaban J connectivity index is 2.51. The Hall–Kier alpha value is -2.44. The Morgan fingerprint density at radius 2 is 2.12 bits per heavy atom. The van der Waals surface area contributed by atoms with Crippen molar-refractivity contribution >= 4 is 29.2 Å². The van der Waals surface area contributed by atoms with Crippen LogP contribution in [0.15, 0.2) is 18.2 Å². The third kappa shape index (κ3) is 4.03. The van der Waals surface area contributed by atoms with Gasteiger partial charge in [-0.15, -0.1) is 19.6 Å². The number of benzene rings is 1. The number of rotatable bonds is 4. The number of ether oxygens (including phenoxy) is 2. The summed E-state index contributed by atoms with van der Waals surface area (Å²) in [5, 5.41) is 9.23. The summed E-state index contributed by atoms with van der Waals surface area (Å²) >= 11 is 5.80. The molecule has 26 heavy (non-hydrogen) atoms. The number of carbonyl (C=O) groups excluding carboxylic acids is 1. The Bertz CT molecular complexity index is 753. The zero-order valence-corrected chi connectivity index (χ0v) is 13.9. The third-order valence-corrected chi connectivity index (χ3v) is 4.07. The minimum atomic E-state index is -4.96. The Labute approximate surface area is 151 Å². The van der Waals surface area contributed by atoms with E-state index in [-0.39, 0.29) is 18.7 Å². The van der Waals surface area contributed by atoms with E-state index in [4.69, 9.17) is 22.8 Å². The largest absolute Gasteiger partial charge is 0.573 e. The average molecular weight is 392 g/mol. The van der Waals surface area contributed by atoms with Crippen LogP contribution in [0.4, 0.5) is 18.9 Å². The Kier molecular flexibility index (Phi) is 5.68. The highest BCUT2D eigenvalue weighted by Gasteiger charge is 2.49. The van der Waals surface area contributed by atoms with Crippen molar-refractivity contribution in [3.05, 3.63) is 23.2 Å². The summed E-state index contributed by atoms with van der Waals surface area (Å²) < 4.78 is 46.0. The molecule has 0 bridgehead atoms. The van der Waals surface area contributed by atoms with Gasteiger partial charge in [0.1, 0.15) is 5.75 Å². The van der Waals surface area contributed by atoms with E-state index in [0.717, 1.165) is 23.1 Å². The van der Waals surface area contributed by atoms with E-state index in [0.29, 0.717) is 13.0 Å². The van der Waals surface area contributed by atoms with E-state index in [9.17, 15) is 27.9 Å². The quantitative estimate of drug-likeness (QED) is 0.799. The number of aliphatic carboxylic acids is 1. The van der Waals surface area contributed by atoms with Gasteiger partial charge in [-0.1, -0.05) is 11.6 Å². The fourth-order valence-electron chi connectivity index (χ4n) is 2.68. The van der Waals surface area contributed by atoms with Gasteiger partial charge in [0.05, 0.1) is 11.6 Å². The number of hydrogen-bond donors (Lipinski definition) is 1. The Morgan fingerprint density at radius 1 is 1.42 bits per heavy atom. The number of amides is 1. The van der Waals surface area contributed by atoms with E-state index in [1.165, 1.54) is 0 Å². The van der Waals surface area contributed by atoms with Gasteiger partial charge < -0.3 is 14.6 Å². The number of anilines is 1. The second-order valence-electron chi connectivity index (χ2n) is 5.44. The van der Waals surface area contributed by atoms with Crippen LogP contribution in [0.5, 0.6) is 5.75 Å². The molecule has 1 atom stereocenters. The van der Waals surface area contributed by atoms with Gasteiger partial charge in [-0.05, 0) is 37.0 Å². The van der Waals surface area contributed by atoms with Crippen LogP contribution in [0.3, 0.4) is 0 Å². The number of nitrogens with zero attached hydrogens (tertiary/aromatic N) is 1. The number of alkyl halides is 3. The molecule has 1 unspecified atom stereocenters. The standard InChI is InChI=1S/C16H13ClF3NO5/c1-2-13(22)21(15(14(23)24)6-3-7-25-9-15)10-4-5-12(11(17)8-10)26-16(18,19)20/h1,4-5,8H,3,6-7,9H2,(H,23,24). The fraction of sp³-hybridized carbons (Fsp3) is 0.375. The molecule has 10 heteroatoms. The van der Waals surface area contributed by atoms with E-state index in [1.54, 1.807) is 0 Å². The zero-order chi connectivity index (χ0) is 19.5. The van der Waals surface area contributed by atoms with Crippen LogP contribution < -0.4 is 9.64 Å². The van der Waals surface area contributed by atoms with Crippen molar-refractivity contribution in [1.82, 2.24) is 0 Å². The number of carbonyl (C=O) groups is 2. The SMILES string of the molecule is C#CC(=O)N(c1ccc(OC(F)(F)F)c(Cl)c1)C1(C(=O)O)CCCOC1. The number of carboxylic acids is 1. The first-order valence-corrected chi connectivity index (χ1v) is 7.66. The first-order valence-electron chi connectivity index (χ1n) is 7.28. The lowest BCUT2D eigenvalue weighted by molar-refractivity contribution is -0.274. The number of halogens is 4. The number of hydrogen-bond acceptors (Lipinski definition) is 4. The van der Waals surface area contributed by atoms with Crippen molar-refractivity contribution in [2.45, 2.75) is 24.7 Å². The fourth-order valence-corrected chi connectivity index (χ4v) is 2.89. The van der Waals surface area contributed by atoms with Gasteiger partial charge in [0.2, 0.25) is 0 Å². The maximum atomic E-state index is 12.4. The number of terminal acetylenes is 1. The molecular weight excluding hydrogens is 379 g/mol. The first kappa shape index (κ1) is 19.9. The topological polar surface area (TPSA) is 76.1 Å². The summed E-state index contributed by atoms with van der Waals surface area (Å²) in [6, 6.07) is 2.93. The molecule has 6 nitrogen and oxygen atoms in total. The second-order valence-corrected chi connectivity index (χ2v) is 5.85. The molecule has 1 saturated heterocycles. The highest BCUT2D eigenvalue weighted by molar-refractivity contribution is 6.32. The van der Waals surface area contributed by atoms with Crippen molar-refractivity contribution in [2.24, 2.45) is 0 Å². The van der Waals surface area contributed by atoms with Gasteiger partial charge in [0, 0.05) is 12.3 Å². The van der Waals surface area contributed by atoms with Crippen LogP contribution in [0, 0.1) is 12.3 Å². The van der Waals surface area contributed by atoms with Gasteiger partial charge in [-0.25, -0.2) is 4.79 Å². The molecule has 1 aliphatic rings. The normalized spacial score (nSPS) is 20.1. The summed E-state index contributed by atoms with van der Waals surface area (Å²) in [7, 11) is 0. The van der Waals surface area contributed by atoms with Crippen LogP contribution in [0.1, 0.15) is 12.8 Å². The first-order chi connectivity index (χ1) is 12.1. The summed E-state index contributed by atoms with van der Waals surface area (Å²) in [5.41, 5.74) is -1.88. The predicted octanol–water partition coefficient (Wildman–Crippen LogP) is 2.84. The molecule has 1 amide bonds. The van der Waals surface area contributed by atoms with Gasteiger partial charge in [-0.2, -0.15) is 0 Å². The summed E-state index contributed by atoms with van der Waals surface area (Å²) in [5.74, 6) is -1.21. The monoisotopic (exact) mass is 391 g/mol. The third-order valence-electron chi connectivity index (χ3n) is 3.77. The predicted molar refractivity (Wildman–Crippen MR) is 84.9 cm³/mol. The molecule has 1 fully saturated rings. The van der Waals surface area contributed by atoms with Crippen LogP contribution in [-0.4, -0.2) is 42.1 Å². The molecule has 0 aromatic heterocycles. The maximum absolute atomic E-state index is 12.4. The van der Waals surface area contributed by atoms with Gasteiger partial charge >= 0.3 is 18.2 Å². The van der Waals surface area contributed by atoms with E-state index < -0.39 is 34.5 Å². The van der Waals surface area contributed by atoms with Crippen molar-refractivity contribution in [3.63, 3.8) is 0 Å². The molecule has 1 N–H and O–H groups in total. The molecule has 1 heterocycles. The lowest BCUT2D eigenvalue weighted by atomic mass is 9.89. The molecule has 0 radical (unpaired) electrons. The van der Waals surface area contributed by atoms with Crippen molar-refractivity contribution in [3.8, 4) is 18.1 Å². The van der Waals surface area contributed by atoms with E-state index in [2.05, 4.69) is 4.74 Å². The minimum Gasteiger partial charge on any atom is -0.479 e. The van der Waals surface area contributed by atoms with Gasteiger partial charge in [-0.3, -0.25) is 9.69 Å². The molecule has 1 aliphatic heterocycles. The van der Waals surface area contributed by atoms with Crippen LogP contribution in [0.25, 0.3) is 0 Å². The van der Waals surface area contributed by atoms with E-state index in [1.807, 2.05) is 5.92 Å². The summed E-state index contributed by atoms with van der Waals surface area (Å²) in [6.07, 6.45) is 0.587. The molecule has 0 aliphatic carbocycles. The van der Waals surface area contributed by atoms with Crippen molar-refractivity contribution in [2.75, 3.05) is 18.1 Å². The second kappa shape index (κ2) is 7.43. The smallest absolute Gasteiger partial charge is 0.479 e. The molecule has 1 aromatic rings. The van der Waals surface area contributed by atoms with Gasteiger partial charge in [0.25, 0.3) is 0 Å². The molecule has 2 rings (SSSR count). The van der Waals surface area contributed by atoms with Crippen LogP contribution in [-0.2, 0) is 14.3 Å². The molecule has 1 aromatic carbocycles. The molecule has 0 spiro atoms. The van der Waals surface area contributed by atoms with Gasteiger partial charge in [0.15, 0.2) is 5.54 Å². The lowest BCUT2D eigenvalue weighted by Gasteiger charge is -2.41. The number of carboxylic acid groups (broad SMARTS) is 1.